The number of nitrogen functional groups attached to an aromatic ring is 1. The number of halogens is 1. The predicted octanol–water partition coefficient (Wildman–Crippen LogP) is 3.75. The van der Waals surface area contributed by atoms with Gasteiger partial charge in [0, 0.05) is 29.6 Å². The molecule has 3 aromatic heterocycles. The van der Waals surface area contributed by atoms with Gasteiger partial charge in [-0.1, -0.05) is 6.07 Å². The summed E-state index contributed by atoms with van der Waals surface area (Å²) in [6, 6.07) is 11.7. The Hall–Kier alpha value is -4.27. The van der Waals surface area contributed by atoms with Crippen LogP contribution in [0.1, 0.15) is 19.9 Å². The number of nitrogens with zero attached hydrogens (tertiary/aromatic N) is 5. The predicted molar refractivity (Wildman–Crippen MR) is 121 cm³/mol. The molecule has 8 nitrogen and oxygen atoms in total. The minimum absolute atomic E-state index is 0.0366. The van der Waals surface area contributed by atoms with Gasteiger partial charge in [-0.25, -0.2) is 28.8 Å². The van der Waals surface area contributed by atoms with Crippen LogP contribution in [-0.4, -0.2) is 29.2 Å². The first-order valence-electron chi connectivity index (χ1n) is 10.1. The van der Waals surface area contributed by atoms with E-state index in [1.54, 1.807) is 29.1 Å². The van der Waals surface area contributed by atoms with E-state index in [9.17, 15) is 9.18 Å². The standard InChI is InChI=1S/C23H20FN7O/c1-13(2)30-18-8-5-15(9-19(18)31(25)23(30)32)21-20(14-3-6-17(24)7-4-14)28-22(29-21)16-10-26-12-27-11-16/h3-13H,25H2,1-2H3,(H,28,29). The maximum atomic E-state index is 13.5. The molecule has 160 valence electrons. The van der Waals surface area contributed by atoms with E-state index in [4.69, 9.17) is 10.8 Å². The summed E-state index contributed by atoms with van der Waals surface area (Å²) in [4.78, 5) is 28.8. The normalized spacial score (nSPS) is 11.5. The molecule has 5 rings (SSSR count). The average Bonchev–Trinajstić information content (AvgIpc) is 3.35. The Kier molecular flexibility index (Phi) is 4.58. The van der Waals surface area contributed by atoms with Gasteiger partial charge in [-0.05, 0) is 50.2 Å². The lowest BCUT2D eigenvalue weighted by molar-refractivity contribution is 0.587. The van der Waals surface area contributed by atoms with E-state index >= 15 is 0 Å². The summed E-state index contributed by atoms with van der Waals surface area (Å²) >= 11 is 0. The van der Waals surface area contributed by atoms with E-state index in [1.807, 2.05) is 32.0 Å². The lowest BCUT2D eigenvalue weighted by Crippen LogP contribution is -2.30. The largest absolute Gasteiger partial charge is 0.347 e. The van der Waals surface area contributed by atoms with Crippen LogP contribution in [0.5, 0.6) is 0 Å². The monoisotopic (exact) mass is 429 g/mol. The van der Waals surface area contributed by atoms with Crippen LogP contribution < -0.4 is 11.5 Å². The van der Waals surface area contributed by atoms with E-state index in [-0.39, 0.29) is 17.5 Å². The molecule has 0 atom stereocenters. The summed E-state index contributed by atoms with van der Waals surface area (Å²) < 4.78 is 16.3. The Morgan fingerprint density at radius 3 is 2.34 bits per heavy atom. The van der Waals surface area contributed by atoms with Crippen molar-refractivity contribution < 1.29 is 4.39 Å². The number of imidazole rings is 2. The smallest absolute Gasteiger partial charge is 0.337 e. The highest BCUT2D eigenvalue weighted by Gasteiger charge is 2.19. The first-order chi connectivity index (χ1) is 15.4. The molecule has 0 radical (unpaired) electrons. The molecule has 0 saturated carbocycles. The Morgan fingerprint density at radius 2 is 1.66 bits per heavy atom. The van der Waals surface area contributed by atoms with E-state index in [0.717, 1.165) is 21.3 Å². The molecule has 2 aromatic carbocycles. The zero-order valence-corrected chi connectivity index (χ0v) is 17.5. The van der Waals surface area contributed by atoms with Gasteiger partial charge >= 0.3 is 5.69 Å². The zero-order chi connectivity index (χ0) is 22.4. The molecule has 0 fully saturated rings. The molecule has 32 heavy (non-hydrogen) atoms. The van der Waals surface area contributed by atoms with Crippen molar-refractivity contribution in [3.05, 3.63) is 77.5 Å². The quantitative estimate of drug-likeness (QED) is 0.423. The Balaban J connectivity index is 1.74. The van der Waals surface area contributed by atoms with E-state index in [2.05, 4.69) is 15.0 Å². The van der Waals surface area contributed by atoms with Crippen LogP contribution in [0.4, 0.5) is 4.39 Å². The maximum Gasteiger partial charge on any atom is 0.347 e. The Morgan fingerprint density at radius 1 is 0.969 bits per heavy atom. The second kappa shape index (κ2) is 7.45. The van der Waals surface area contributed by atoms with Crippen molar-refractivity contribution in [2.24, 2.45) is 0 Å². The summed E-state index contributed by atoms with van der Waals surface area (Å²) in [7, 11) is 0. The van der Waals surface area contributed by atoms with Gasteiger partial charge in [0.15, 0.2) is 0 Å². The third kappa shape index (κ3) is 3.15. The van der Waals surface area contributed by atoms with E-state index in [1.165, 1.54) is 18.5 Å². The Bertz CT molecular complexity index is 1480. The molecule has 3 N–H and O–H groups in total. The number of nitrogens with two attached hydrogens (primary N) is 1. The van der Waals surface area contributed by atoms with Crippen molar-refractivity contribution in [1.29, 1.82) is 0 Å². The summed E-state index contributed by atoms with van der Waals surface area (Å²) in [6.07, 6.45) is 4.77. The topological polar surface area (TPSA) is 107 Å². The van der Waals surface area contributed by atoms with Crippen molar-refractivity contribution in [1.82, 2.24) is 29.2 Å². The Labute approximate surface area is 182 Å². The fraction of sp³-hybridized carbons (Fsp3) is 0.130. The molecule has 0 aliphatic carbocycles. The number of hydrogen-bond donors (Lipinski definition) is 2. The van der Waals surface area contributed by atoms with Crippen LogP contribution in [0.2, 0.25) is 0 Å². The zero-order valence-electron chi connectivity index (χ0n) is 17.5. The number of hydrogen-bond acceptors (Lipinski definition) is 5. The van der Waals surface area contributed by atoms with Gasteiger partial charge in [-0.3, -0.25) is 4.57 Å². The second-order valence-electron chi connectivity index (χ2n) is 7.76. The number of benzene rings is 2. The molecule has 0 spiro atoms. The highest BCUT2D eigenvalue weighted by Crippen LogP contribution is 2.34. The van der Waals surface area contributed by atoms with Crippen LogP contribution in [-0.2, 0) is 0 Å². The average molecular weight is 429 g/mol. The molecule has 9 heteroatoms. The number of rotatable bonds is 4. The number of H-pyrrole nitrogens is 1. The molecule has 3 heterocycles. The third-order valence-corrected chi connectivity index (χ3v) is 5.37. The molecule has 0 aliphatic heterocycles. The highest BCUT2D eigenvalue weighted by atomic mass is 19.1. The number of nitrogens with one attached hydrogen (secondary N) is 1. The van der Waals surface area contributed by atoms with Crippen molar-refractivity contribution in [2.75, 3.05) is 5.84 Å². The van der Waals surface area contributed by atoms with Gasteiger partial charge in [0.25, 0.3) is 0 Å². The minimum atomic E-state index is -0.324. The van der Waals surface area contributed by atoms with Crippen molar-refractivity contribution in [3.8, 4) is 33.9 Å². The number of aromatic nitrogens is 6. The van der Waals surface area contributed by atoms with Crippen molar-refractivity contribution in [2.45, 2.75) is 19.9 Å². The number of fused-ring (bicyclic) bond motifs is 1. The molecule has 0 aliphatic rings. The highest BCUT2D eigenvalue weighted by molar-refractivity contribution is 5.87. The van der Waals surface area contributed by atoms with Gasteiger partial charge in [0.1, 0.15) is 18.0 Å². The minimum Gasteiger partial charge on any atom is -0.337 e. The summed E-state index contributed by atoms with van der Waals surface area (Å²) in [5.41, 5.74) is 4.64. The van der Waals surface area contributed by atoms with Crippen LogP contribution in [0.15, 0.2) is 66.0 Å². The first-order valence-corrected chi connectivity index (χ1v) is 10.1. The molecule has 0 amide bonds. The van der Waals surface area contributed by atoms with Crippen molar-refractivity contribution >= 4 is 11.0 Å². The van der Waals surface area contributed by atoms with Crippen LogP contribution in [0.3, 0.4) is 0 Å². The second-order valence-corrected chi connectivity index (χ2v) is 7.76. The van der Waals surface area contributed by atoms with Crippen LogP contribution in [0.25, 0.3) is 44.9 Å². The third-order valence-electron chi connectivity index (χ3n) is 5.37. The number of aromatic amines is 1. The van der Waals surface area contributed by atoms with Crippen molar-refractivity contribution in [3.63, 3.8) is 0 Å². The lowest BCUT2D eigenvalue weighted by Gasteiger charge is -2.07. The molecular formula is C23H20FN7O. The van der Waals surface area contributed by atoms with Gasteiger partial charge in [-0.2, -0.15) is 0 Å². The lowest BCUT2D eigenvalue weighted by atomic mass is 10.0. The fourth-order valence-electron chi connectivity index (χ4n) is 3.85. The molecular weight excluding hydrogens is 409 g/mol. The first kappa shape index (κ1) is 19.7. The SMILES string of the molecule is CC(C)n1c(=O)n(N)c2cc(-c3nc(-c4cncnc4)[nH]c3-c3ccc(F)cc3)ccc21. The van der Waals surface area contributed by atoms with Crippen LogP contribution in [0, 0.1) is 5.82 Å². The molecule has 0 unspecified atom stereocenters. The van der Waals surface area contributed by atoms with E-state index < -0.39 is 0 Å². The summed E-state index contributed by atoms with van der Waals surface area (Å²) in [6.45, 7) is 3.87. The van der Waals surface area contributed by atoms with Gasteiger partial charge in [-0.15, -0.1) is 0 Å². The van der Waals surface area contributed by atoms with Gasteiger partial charge in [0.2, 0.25) is 0 Å². The molecule has 5 aromatic rings. The molecule has 0 bridgehead atoms. The van der Waals surface area contributed by atoms with Gasteiger partial charge in [0.05, 0.1) is 28.0 Å². The van der Waals surface area contributed by atoms with E-state index in [0.29, 0.717) is 28.3 Å². The van der Waals surface area contributed by atoms with Crippen LogP contribution >= 0.6 is 0 Å². The van der Waals surface area contributed by atoms with Gasteiger partial charge < -0.3 is 10.8 Å². The fourth-order valence-corrected chi connectivity index (χ4v) is 3.85. The summed E-state index contributed by atoms with van der Waals surface area (Å²) in [5.74, 6) is 6.33. The maximum absolute atomic E-state index is 13.5. The molecule has 0 saturated heterocycles. The summed E-state index contributed by atoms with van der Waals surface area (Å²) in [5, 5.41) is 0.